The lowest BCUT2D eigenvalue weighted by atomic mass is 10.1. The van der Waals surface area contributed by atoms with Crippen molar-refractivity contribution in [1.29, 1.82) is 0 Å². The molecule has 0 spiro atoms. The molecule has 1 fully saturated rings. The molecule has 0 bridgehead atoms. The summed E-state index contributed by atoms with van der Waals surface area (Å²) in [5.41, 5.74) is 0.899. The zero-order valence-electron chi connectivity index (χ0n) is 11.6. The van der Waals surface area contributed by atoms with E-state index in [1.54, 1.807) is 6.07 Å². The Kier molecular flexibility index (Phi) is 5.06. The van der Waals surface area contributed by atoms with E-state index in [0.717, 1.165) is 38.3 Å². The third kappa shape index (κ3) is 4.36. The maximum Gasteiger partial charge on any atom is 0.126 e. The van der Waals surface area contributed by atoms with E-state index in [9.17, 15) is 4.39 Å². The van der Waals surface area contributed by atoms with Crippen LogP contribution in [0.4, 0.5) is 10.1 Å². The first kappa shape index (κ1) is 14.6. The minimum absolute atomic E-state index is 0.260. The lowest BCUT2D eigenvalue weighted by molar-refractivity contribution is 0.477. The molecule has 1 unspecified atom stereocenters. The molecule has 106 valence electrons. The van der Waals surface area contributed by atoms with E-state index < -0.39 is 0 Å². The summed E-state index contributed by atoms with van der Waals surface area (Å²) in [7, 11) is 0. The Hall–Kier alpha value is -0.800. The first-order valence-corrected chi connectivity index (χ1v) is 7.34. The highest BCUT2D eigenvalue weighted by atomic mass is 35.5. The van der Waals surface area contributed by atoms with Gasteiger partial charge in [0.15, 0.2) is 0 Å². The first-order valence-electron chi connectivity index (χ1n) is 6.96. The van der Waals surface area contributed by atoms with Crippen molar-refractivity contribution in [3.05, 3.63) is 29.0 Å². The van der Waals surface area contributed by atoms with Crippen molar-refractivity contribution < 1.29 is 4.39 Å². The van der Waals surface area contributed by atoms with Gasteiger partial charge in [-0.1, -0.05) is 25.4 Å². The molecule has 1 aliphatic heterocycles. The van der Waals surface area contributed by atoms with Crippen molar-refractivity contribution in [3.63, 3.8) is 0 Å². The molecule has 1 saturated heterocycles. The maximum atomic E-state index is 13.3. The number of nitrogens with one attached hydrogen (secondary N) is 1. The number of halogens is 2. The highest BCUT2D eigenvalue weighted by Gasteiger charge is 2.22. The summed E-state index contributed by atoms with van der Waals surface area (Å²) < 4.78 is 13.3. The van der Waals surface area contributed by atoms with Gasteiger partial charge in [0.05, 0.1) is 0 Å². The molecule has 19 heavy (non-hydrogen) atoms. The number of anilines is 1. The predicted octanol–water partition coefficient (Wildman–Crippen LogP) is 3.55. The summed E-state index contributed by atoms with van der Waals surface area (Å²) in [4.78, 5) is 2.22. The standard InChI is InChI=1S/C15H22ClFN2/c1-11(2)8-18-9-12-3-4-19(10-12)15-6-13(16)5-14(17)7-15/h5-7,11-12,18H,3-4,8-10H2,1-2H3. The van der Waals surface area contributed by atoms with Crippen LogP contribution in [0.2, 0.25) is 5.02 Å². The third-order valence-electron chi connectivity index (χ3n) is 3.48. The molecule has 1 atom stereocenters. The lowest BCUT2D eigenvalue weighted by Gasteiger charge is -2.19. The van der Waals surface area contributed by atoms with Gasteiger partial charge in [0, 0.05) is 23.8 Å². The molecule has 1 N–H and O–H groups in total. The van der Waals surface area contributed by atoms with E-state index in [-0.39, 0.29) is 5.82 Å². The van der Waals surface area contributed by atoms with Crippen molar-refractivity contribution in [3.8, 4) is 0 Å². The molecular weight excluding hydrogens is 263 g/mol. The number of hydrogen-bond acceptors (Lipinski definition) is 2. The lowest BCUT2D eigenvalue weighted by Crippen LogP contribution is -2.28. The number of hydrogen-bond donors (Lipinski definition) is 1. The van der Waals surface area contributed by atoms with Gasteiger partial charge in [0.1, 0.15) is 5.82 Å². The van der Waals surface area contributed by atoms with Gasteiger partial charge in [-0.15, -0.1) is 0 Å². The summed E-state index contributed by atoms with van der Waals surface area (Å²) in [6, 6.07) is 4.76. The summed E-state index contributed by atoms with van der Waals surface area (Å²) in [6.07, 6.45) is 1.15. The molecule has 2 rings (SSSR count). The second-order valence-corrected chi connectivity index (χ2v) is 6.22. The fraction of sp³-hybridized carbons (Fsp3) is 0.600. The fourth-order valence-electron chi connectivity index (χ4n) is 2.53. The minimum Gasteiger partial charge on any atom is -0.371 e. The second-order valence-electron chi connectivity index (χ2n) is 5.78. The molecule has 1 heterocycles. The van der Waals surface area contributed by atoms with Crippen LogP contribution < -0.4 is 10.2 Å². The molecule has 0 radical (unpaired) electrons. The average Bonchev–Trinajstić information content (AvgIpc) is 2.76. The van der Waals surface area contributed by atoms with E-state index in [4.69, 9.17) is 11.6 Å². The largest absolute Gasteiger partial charge is 0.371 e. The van der Waals surface area contributed by atoms with Crippen LogP contribution in [0, 0.1) is 17.7 Å². The quantitative estimate of drug-likeness (QED) is 0.889. The zero-order valence-corrected chi connectivity index (χ0v) is 12.4. The van der Waals surface area contributed by atoms with Crippen molar-refractivity contribution in [2.24, 2.45) is 11.8 Å². The van der Waals surface area contributed by atoms with E-state index in [1.165, 1.54) is 6.07 Å². The average molecular weight is 285 g/mol. The Labute approximate surface area is 119 Å². The van der Waals surface area contributed by atoms with Gasteiger partial charge in [-0.2, -0.15) is 0 Å². The highest BCUT2D eigenvalue weighted by Crippen LogP contribution is 2.27. The SMILES string of the molecule is CC(C)CNCC1CCN(c2cc(F)cc(Cl)c2)C1. The van der Waals surface area contributed by atoms with Crippen molar-refractivity contribution in [1.82, 2.24) is 5.32 Å². The topological polar surface area (TPSA) is 15.3 Å². The summed E-state index contributed by atoms with van der Waals surface area (Å²) >= 11 is 5.90. The first-order chi connectivity index (χ1) is 9.04. The molecule has 0 amide bonds. The smallest absolute Gasteiger partial charge is 0.126 e. The number of nitrogens with zero attached hydrogens (tertiary/aromatic N) is 1. The molecule has 0 aromatic heterocycles. The second kappa shape index (κ2) is 6.58. The van der Waals surface area contributed by atoms with Crippen LogP contribution in [0.1, 0.15) is 20.3 Å². The van der Waals surface area contributed by atoms with E-state index in [2.05, 4.69) is 24.1 Å². The Morgan fingerprint density at radius 1 is 1.42 bits per heavy atom. The van der Waals surface area contributed by atoms with Crippen LogP contribution in [0.3, 0.4) is 0 Å². The van der Waals surface area contributed by atoms with Gasteiger partial charge in [-0.3, -0.25) is 0 Å². The summed E-state index contributed by atoms with van der Waals surface area (Å²) in [5, 5.41) is 3.96. The van der Waals surface area contributed by atoms with Gasteiger partial charge in [-0.25, -0.2) is 4.39 Å². The molecule has 4 heteroatoms. The van der Waals surface area contributed by atoms with Gasteiger partial charge in [0.2, 0.25) is 0 Å². The van der Waals surface area contributed by atoms with Crippen LogP contribution >= 0.6 is 11.6 Å². The van der Waals surface area contributed by atoms with Crippen molar-refractivity contribution in [2.45, 2.75) is 20.3 Å². The van der Waals surface area contributed by atoms with Crippen molar-refractivity contribution in [2.75, 3.05) is 31.1 Å². The van der Waals surface area contributed by atoms with Crippen LogP contribution in [-0.4, -0.2) is 26.2 Å². The zero-order chi connectivity index (χ0) is 13.8. The number of benzene rings is 1. The van der Waals surface area contributed by atoms with Gasteiger partial charge in [-0.05, 0) is 49.5 Å². The van der Waals surface area contributed by atoms with Crippen LogP contribution in [0.25, 0.3) is 0 Å². The Morgan fingerprint density at radius 2 is 2.21 bits per heavy atom. The molecule has 1 aromatic rings. The summed E-state index contributed by atoms with van der Waals surface area (Å²) in [6.45, 7) is 8.48. The molecule has 1 aliphatic rings. The molecular formula is C15H22ClFN2. The van der Waals surface area contributed by atoms with Crippen LogP contribution in [0.15, 0.2) is 18.2 Å². The summed E-state index contributed by atoms with van der Waals surface area (Å²) in [5.74, 6) is 1.06. The Morgan fingerprint density at radius 3 is 2.89 bits per heavy atom. The predicted molar refractivity (Wildman–Crippen MR) is 79.4 cm³/mol. The van der Waals surface area contributed by atoms with E-state index in [1.807, 2.05) is 6.07 Å². The molecule has 0 saturated carbocycles. The van der Waals surface area contributed by atoms with Gasteiger partial charge in [0.25, 0.3) is 0 Å². The molecule has 1 aromatic carbocycles. The van der Waals surface area contributed by atoms with E-state index >= 15 is 0 Å². The Bertz CT molecular complexity index is 402. The van der Waals surface area contributed by atoms with E-state index in [0.29, 0.717) is 16.9 Å². The Balaban J connectivity index is 1.87. The van der Waals surface area contributed by atoms with Gasteiger partial charge < -0.3 is 10.2 Å². The van der Waals surface area contributed by atoms with Crippen LogP contribution in [-0.2, 0) is 0 Å². The third-order valence-corrected chi connectivity index (χ3v) is 3.70. The fourth-order valence-corrected chi connectivity index (χ4v) is 2.75. The number of rotatable bonds is 5. The highest BCUT2D eigenvalue weighted by molar-refractivity contribution is 6.30. The molecule has 2 nitrogen and oxygen atoms in total. The molecule has 0 aliphatic carbocycles. The maximum absolute atomic E-state index is 13.3. The van der Waals surface area contributed by atoms with Crippen LogP contribution in [0.5, 0.6) is 0 Å². The van der Waals surface area contributed by atoms with Crippen molar-refractivity contribution >= 4 is 17.3 Å². The minimum atomic E-state index is -0.260. The van der Waals surface area contributed by atoms with Gasteiger partial charge >= 0.3 is 0 Å². The normalized spacial score (nSPS) is 19.4. The monoisotopic (exact) mass is 284 g/mol.